The Hall–Kier alpha value is -2.27. The normalized spacial score (nSPS) is 11.9. The number of carbonyl (C=O) groups excluding carboxylic acids is 1. The number of nitrogens with one attached hydrogen (secondary N) is 2. The van der Waals surface area contributed by atoms with E-state index in [2.05, 4.69) is 15.6 Å². The lowest BCUT2D eigenvalue weighted by Gasteiger charge is -2.13. The van der Waals surface area contributed by atoms with E-state index in [4.69, 9.17) is 0 Å². The van der Waals surface area contributed by atoms with Gasteiger partial charge in [-0.05, 0) is 36.8 Å². The topological polar surface area (TPSA) is 54.0 Å². The number of rotatable bonds is 5. The van der Waals surface area contributed by atoms with Gasteiger partial charge in [0.15, 0.2) is 0 Å². The highest BCUT2D eigenvalue weighted by atomic mass is 19.1. The summed E-state index contributed by atoms with van der Waals surface area (Å²) in [6, 6.07) is 9.61. The number of anilines is 1. The van der Waals surface area contributed by atoms with Crippen LogP contribution in [0.25, 0.3) is 0 Å². The van der Waals surface area contributed by atoms with E-state index in [-0.39, 0.29) is 24.3 Å². The molecule has 0 saturated carbocycles. The Kier molecular flexibility index (Phi) is 4.79. The zero-order valence-electron chi connectivity index (χ0n) is 11.1. The van der Waals surface area contributed by atoms with Crippen LogP contribution in [0.5, 0.6) is 0 Å². The number of benzene rings is 1. The van der Waals surface area contributed by atoms with Crippen molar-refractivity contribution in [2.75, 3.05) is 11.9 Å². The molecule has 20 heavy (non-hydrogen) atoms. The first-order chi connectivity index (χ1) is 9.65. The van der Waals surface area contributed by atoms with Crippen LogP contribution in [-0.2, 0) is 4.79 Å². The van der Waals surface area contributed by atoms with Gasteiger partial charge in [-0.25, -0.2) is 4.39 Å². The molecule has 0 fully saturated rings. The predicted octanol–water partition coefficient (Wildman–Crippen LogP) is 2.51. The molecule has 0 spiro atoms. The second-order valence-corrected chi connectivity index (χ2v) is 4.45. The number of pyridine rings is 1. The highest BCUT2D eigenvalue weighted by Crippen LogP contribution is 2.10. The van der Waals surface area contributed by atoms with Crippen molar-refractivity contribution in [1.82, 2.24) is 10.3 Å². The van der Waals surface area contributed by atoms with Crippen LogP contribution in [0.1, 0.15) is 18.5 Å². The standard InChI is InChI=1S/C15H16FN3O/c1-11(12-4-3-7-17-9-12)18-10-15(20)19-14-6-2-5-13(16)8-14/h2-9,11,18H,10H2,1H3,(H,19,20)/t11-/m1/s1. The molecule has 5 heteroatoms. The van der Waals surface area contributed by atoms with E-state index in [9.17, 15) is 9.18 Å². The summed E-state index contributed by atoms with van der Waals surface area (Å²) >= 11 is 0. The maximum absolute atomic E-state index is 13.0. The first-order valence-corrected chi connectivity index (χ1v) is 6.34. The summed E-state index contributed by atoms with van der Waals surface area (Å²) in [5.74, 6) is -0.592. The van der Waals surface area contributed by atoms with E-state index >= 15 is 0 Å². The fraction of sp³-hybridized carbons (Fsp3) is 0.200. The van der Waals surface area contributed by atoms with Crippen LogP contribution < -0.4 is 10.6 Å². The van der Waals surface area contributed by atoms with Crippen molar-refractivity contribution < 1.29 is 9.18 Å². The molecule has 2 N–H and O–H groups in total. The molecule has 104 valence electrons. The summed E-state index contributed by atoms with van der Waals surface area (Å²) in [5.41, 5.74) is 1.46. The lowest BCUT2D eigenvalue weighted by atomic mass is 10.1. The Balaban J connectivity index is 1.83. The maximum Gasteiger partial charge on any atom is 0.238 e. The second-order valence-electron chi connectivity index (χ2n) is 4.45. The lowest BCUT2D eigenvalue weighted by molar-refractivity contribution is -0.115. The zero-order chi connectivity index (χ0) is 14.4. The molecule has 4 nitrogen and oxygen atoms in total. The van der Waals surface area contributed by atoms with Crippen LogP contribution in [-0.4, -0.2) is 17.4 Å². The molecule has 0 aliphatic carbocycles. The number of amides is 1. The highest BCUT2D eigenvalue weighted by molar-refractivity contribution is 5.92. The van der Waals surface area contributed by atoms with Crippen LogP contribution >= 0.6 is 0 Å². The highest BCUT2D eigenvalue weighted by Gasteiger charge is 2.08. The van der Waals surface area contributed by atoms with Gasteiger partial charge in [-0.2, -0.15) is 0 Å². The summed E-state index contributed by atoms with van der Waals surface area (Å²) in [6.45, 7) is 2.10. The SMILES string of the molecule is C[C@@H](NCC(=O)Nc1cccc(F)c1)c1cccnc1. The molecule has 0 saturated heterocycles. The van der Waals surface area contributed by atoms with E-state index in [0.717, 1.165) is 5.56 Å². The predicted molar refractivity (Wildman–Crippen MR) is 75.7 cm³/mol. The van der Waals surface area contributed by atoms with Crippen LogP contribution in [0.2, 0.25) is 0 Å². The monoisotopic (exact) mass is 273 g/mol. The molecular formula is C15H16FN3O. The molecule has 0 radical (unpaired) electrons. The third-order valence-electron chi connectivity index (χ3n) is 2.86. The molecule has 0 aliphatic heterocycles. The minimum atomic E-state index is -0.375. The van der Waals surface area contributed by atoms with Gasteiger partial charge in [0.05, 0.1) is 6.54 Å². The number of halogens is 1. The van der Waals surface area contributed by atoms with Gasteiger partial charge in [-0.15, -0.1) is 0 Å². The number of hydrogen-bond acceptors (Lipinski definition) is 3. The molecule has 1 aromatic carbocycles. The van der Waals surface area contributed by atoms with Crippen molar-refractivity contribution in [3.05, 3.63) is 60.2 Å². The molecular weight excluding hydrogens is 257 g/mol. The first-order valence-electron chi connectivity index (χ1n) is 6.34. The average molecular weight is 273 g/mol. The molecule has 1 atom stereocenters. The lowest BCUT2D eigenvalue weighted by Crippen LogP contribution is -2.30. The van der Waals surface area contributed by atoms with E-state index < -0.39 is 0 Å². The third-order valence-corrected chi connectivity index (χ3v) is 2.86. The summed E-state index contributed by atoms with van der Waals surface area (Å²) in [5, 5.41) is 5.72. The number of aromatic nitrogens is 1. The Morgan fingerprint density at radius 1 is 1.35 bits per heavy atom. The van der Waals surface area contributed by atoms with Crippen LogP contribution in [0, 0.1) is 5.82 Å². The molecule has 1 aromatic heterocycles. The molecule has 2 rings (SSSR count). The van der Waals surface area contributed by atoms with Gasteiger partial charge in [0, 0.05) is 24.1 Å². The van der Waals surface area contributed by atoms with Crippen molar-refractivity contribution in [2.24, 2.45) is 0 Å². The number of nitrogens with zero attached hydrogens (tertiary/aromatic N) is 1. The van der Waals surface area contributed by atoms with Crippen molar-refractivity contribution in [3.63, 3.8) is 0 Å². The summed E-state index contributed by atoms with van der Waals surface area (Å²) < 4.78 is 13.0. The molecule has 0 bridgehead atoms. The first kappa shape index (κ1) is 14.1. The summed E-state index contributed by atoms with van der Waals surface area (Å²) in [7, 11) is 0. The van der Waals surface area contributed by atoms with Gasteiger partial charge >= 0.3 is 0 Å². The fourth-order valence-corrected chi connectivity index (χ4v) is 1.77. The third kappa shape index (κ3) is 4.13. The quantitative estimate of drug-likeness (QED) is 0.880. The molecule has 1 heterocycles. The van der Waals surface area contributed by atoms with E-state index in [1.165, 1.54) is 12.1 Å². The van der Waals surface area contributed by atoms with Gasteiger partial charge in [0.2, 0.25) is 5.91 Å². The Morgan fingerprint density at radius 3 is 2.90 bits per heavy atom. The van der Waals surface area contributed by atoms with Gasteiger partial charge in [-0.3, -0.25) is 9.78 Å². The Labute approximate surface area is 117 Å². The number of hydrogen-bond donors (Lipinski definition) is 2. The molecule has 0 unspecified atom stereocenters. The zero-order valence-corrected chi connectivity index (χ0v) is 11.1. The van der Waals surface area contributed by atoms with Crippen molar-refractivity contribution >= 4 is 11.6 Å². The Morgan fingerprint density at radius 2 is 2.20 bits per heavy atom. The minimum absolute atomic E-state index is 0.0157. The average Bonchev–Trinajstić information content (AvgIpc) is 2.46. The largest absolute Gasteiger partial charge is 0.325 e. The van der Waals surface area contributed by atoms with Gasteiger partial charge in [0.25, 0.3) is 0 Å². The minimum Gasteiger partial charge on any atom is -0.325 e. The van der Waals surface area contributed by atoms with Gasteiger partial charge < -0.3 is 10.6 Å². The maximum atomic E-state index is 13.0. The Bertz CT molecular complexity index is 574. The fourth-order valence-electron chi connectivity index (χ4n) is 1.77. The molecule has 0 aliphatic rings. The van der Waals surface area contributed by atoms with Crippen molar-refractivity contribution in [2.45, 2.75) is 13.0 Å². The van der Waals surface area contributed by atoms with E-state index in [1.54, 1.807) is 24.5 Å². The molecule has 2 aromatic rings. The van der Waals surface area contributed by atoms with Crippen LogP contribution in [0.3, 0.4) is 0 Å². The van der Waals surface area contributed by atoms with Crippen LogP contribution in [0.4, 0.5) is 10.1 Å². The van der Waals surface area contributed by atoms with E-state index in [1.807, 2.05) is 19.1 Å². The van der Waals surface area contributed by atoms with Crippen LogP contribution in [0.15, 0.2) is 48.8 Å². The summed E-state index contributed by atoms with van der Waals surface area (Å²) in [6.07, 6.45) is 3.45. The summed E-state index contributed by atoms with van der Waals surface area (Å²) in [4.78, 5) is 15.8. The second kappa shape index (κ2) is 6.77. The van der Waals surface area contributed by atoms with Gasteiger partial charge in [0.1, 0.15) is 5.82 Å². The molecule has 1 amide bonds. The number of carbonyl (C=O) groups is 1. The van der Waals surface area contributed by atoms with Crippen molar-refractivity contribution in [3.8, 4) is 0 Å². The van der Waals surface area contributed by atoms with Gasteiger partial charge in [-0.1, -0.05) is 12.1 Å². The van der Waals surface area contributed by atoms with Crippen molar-refractivity contribution in [1.29, 1.82) is 0 Å². The van der Waals surface area contributed by atoms with E-state index in [0.29, 0.717) is 5.69 Å². The smallest absolute Gasteiger partial charge is 0.238 e.